The molecule has 0 spiro atoms. The molecule has 17 heavy (non-hydrogen) atoms. The van der Waals surface area contributed by atoms with Gasteiger partial charge < -0.3 is 4.74 Å². The molecular formula is C15H12O2. The SMILES string of the molecule is C=CC(=O)c1cccc(Oc2ccccc2)c1. The molecule has 0 fully saturated rings. The van der Waals surface area contributed by atoms with Crippen molar-refractivity contribution in [3.05, 3.63) is 72.8 Å². The van der Waals surface area contributed by atoms with Crippen molar-refractivity contribution in [2.45, 2.75) is 0 Å². The fraction of sp³-hybridized carbons (Fsp3) is 0. The molecule has 0 amide bonds. The lowest BCUT2D eigenvalue weighted by Crippen LogP contribution is -1.93. The summed E-state index contributed by atoms with van der Waals surface area (Å²) < 4.78 is 5.63. The van der Waals surface area contributed by atoms with E-state index in [-0.39, 0.29) is 5.78 Å². The molecule has 0 heterocycles. The van der Waals surface area contributed by atoms with E-state index in [0.717, 1.165) is 5.75 Å². The molecule has 0 aliphatic carbocycles. The zero-order valence-electron chi connectivity index (χ0n) is 9.30. The van der Waals surface area contributed by atoms with Gasteiger partial charge in [0.05, 0.1) is 0 Å². The minimum atomic E-state index is -0.108. The summed E-state index contributed by atoms with van der Waals surface area (Å²) in [5, 5.41) is 0. The smallest absolute Gasteiger partial charge is 0.185 e. The van der Waals surface area contributed by atoms with Gasteiger partial charge in [-0.3, -0.25) is 4.79 Å². The molecule has 0 radical (unpaired) electrons. The van der Waals surface area contributed by atoms with Crippen LogP contribution in [0.15, 0.2) is 67.3 Å². The van der Waals surface area contributed by atoms with E-state index < -0.39 is 0 Å². The van der Waals surface area contributed by atoms with Gasteiger partial charge in [-0.2, -0.15) is 0 Å². The highest BCUT2D eigenvalue weighted by molar-refractivity contribution is 6.04. The van der Waals surface area contributed by atoms with E-state index in [0.29, 0.717) is 11.3 Å². The average Bonchev–Trinajstić information content (AvgIpc) is 2.39. The molecule has 2 aromatic carbocycles. The zero-order valence-corrected chi connectivity index (χ0v) is 9.30. The number of para-hydroxylation sites is 1. The van der Waals surface area contributed by atoms with Gasteiger partial charge in [-0.1, -0.05) is 36.9 Å². The number of rotatable bonds is 4. The summed E-state index contributed by atoms with van der Waals surface area (Å²) in [5.74, 6) is 1.28. The number of benzene rings is 2. The van der Waals surface area contributed by atoms with Crippen molar-refractivity contribution >= 4 is 5.78 Å². The van der Waals surface area contributed by atoms with Gasteiger partial charge >= 0.3 is 0 Å². The van der Waals surface area contributed by atoms with E-state index in [9.17, 15) is 4.79 Å². The second-order valence-electron chi connectivity index (χ2n) is 3.51. The topological polar surface area (TPSA) is 26.3 Å². The Morgan fingerprint density at radius 3 is 2.41 bits per heavy atom. The molecule has 0 atom stereocenters. The fourth-order valence-electron chi connectivity index (χ4n) is 1.46. The molecule has 0 bridgehead atoms. The minimum absolute atomic E-state index is 0.108. The van der Waals surface area contributed by atoms with Crippen molar-refractivity contribution in [2.24, 2.45) is 0 Å². The van der Waals surface area contributed by atoms with Crippen LogP contribution in [0.5, 0.6) is 11.5 Å². The lowest BCUT2D eigenvalue weighted by molar-refractivity contribution is 0.104. The van der Waals surface area contributed by atoms with Crippen LogP contribution in [0.25, 0.3) is 0 Å². The van der Waals surface area contributed by atoms with Gasteiger partial charge in [-0.15, -0.1) is 0 Å². The average molecular weight is 224 g/mol. The molecular weight excluding hydrogens is 212 g/mol. The minimum Gasteiger partial charge on any atom is -0.457 e. The first kappa shape index (κ1) is 11.1. The number of carbonyl (C=O) groups is 1. The number of carbonyl (C=O) groups excluding carboxylic acids is 1. The van der Waals surface area contributed by atoms with E-state index in [2.05, 4.69) is 6.58 Å². The molecule has 2 rings (SSSR count). The second kappa shape index (κ2) is 5.12. The summed E-state index contributed by atoms with van der Waals surface area (Å²) in [6, 6.07) is 16.5. The second-order valence-corrected chi connectivity index (χ2v) is 3.51. The summed E-state index contributed by atoms with van der Waals surface area (Å²) >= 11 is 0. The first-order valence-corrected chi connectivity index (χ1v) is 5.29. The summed E-state index contributed by atoms with van der Waals surface area (Å²) in [4.78, 5) is 11.4. The Balaban J connectivity index is 2.22. The van der Waals surface area contributed by atoms with Crippen LogP contribution in [0.3, 0.4) is 0 Å². The van der Waals surface area contributed by atoms with Gasteiger partial charge in [-0.05, 0) is 30.3 Å². The highest BCUT2D eigenvalue weighted by Crippen LogP contribution is 2.21. The standard InChI is InChI=1S/C15H12O2/c1-2-15(16)12-7-6-10-14(11-12)17-13-8-4-3-5-9-13/h2-11H,1H2. The molecule has 0 saturated carbocycles. The van der Waals surface area contributed by atoms with E-state index in [1.54, 1.807) is 18.2 Å². The number of ketones is 1. The Morgan fingerprint density at radius 2 is 1.71 bits per heavy atom. The third kappa shape index (κ3) is 2.82. The molecule has 0 aromatic heterocycles. The highest BCUT2D eigenvalue weighted by atomic mass is 16.5. The highest BCUT2D eigenvalue weighted by Gasteiger charge is 2.03. The maximum absolute atomic E-state index is 11.4. The van der Waals surface area contributed by atoms with Crippen LogP contribution >= 0.6 is 0 Å². The van der Waals surface area contributed by atoms with Crippen molar-refractivity contribution < 1.29 is 9.53 Å². The van der Waals surface area contributed by atoms with Crippen LogP contribution in [0, 0.1) is 0 Å². The van der Waals surface area contributed by atoms with Gasteiger partial charge in [-0.25, -0.2) is 0 Å². The Kier molecular flexibility index (Phi) is 3.36. The van der Waals surface area contributed by atoms with Crippen LogP contribution < -0.4 is 4.74 Å². The Hall–Kier alpha value is -2.35. The molecule has 0 unspecified atom stereocenters. The van der Waals surface area contributed by atoms with Crippen LogP contribution in [0.1, 0.15) is 10.4 Å². The third-order valence-corrected chi connectivity index (χ3v) is 2.28. The molecule has 2 nitrogen and oxygen atoms in total. The zero-order chi connectivity index (χ0) is 12.1. The van der Waals surface area contributed by atoms with Gasteiger partial charge in [0.15, 0.2) is 5.78 Å². The fourth-order valence-corrected chi connectivity index (χ4v) is 1.46. The maximum atomic E-state index is 11.4. The normalized spacial score (nSPS) is 9.65. The van der Waals surface area contributed by atoms with Gasteiger partial charge in [0, 0.05) is 5.56 Å². The van der Waals surface area contributed by atoms with Gasteiger partial charge in [0.1, 0.15) is 11.5 Å². The summed E-state index contributed by atoms with van der Waals surface area (Å²) in [5.41, 5.74) is 0.577. The van der Waals surface area contributed by atoms with Crippen LogP contribution in [-0.2, 0) is 0 Å². The molecule has 0 N–H and O–H groups in total. The van der Waals surface area contributed by atoms with Crippen LogP contribution in [0.4, 0.5) is 0 Å². The lowest BCUT2D eigenvalue weighted by Gasteiger charge is -2.06. The number of allylic oxidation sites excluding steroid dienone is 1. The number of hydrogen-bond acceptors (Lipinski definition) is 2. The number of ether oxygens (including phenoxy) is 1. The molecule has 0 aliphatic rings. The lowest BCUT2D eigenvalue weighted by atomic mass is 10.1. The molecule has 2 heteroatoms. The quantitative estimate of drug-likeness (QED) is 0.582. The Labute approximate surface area is 100 Å². The van der Waals surface area contributed by atoms with Crippen LogP contribution in [-0.4, -0.2) is 5.78 Å². The molecule has 84 valence electrons. The summed E-state index contributed by atoms with van der Waals surface area (Å²) in [6.45, 7) is 3.46. The molecule has 0 aliphatic heterocycles. The van der Waals surface area contributed by atoms with E-state index in [4.69, 9.17) is 4.74 Å². The largest absolute Gasteiger partial charge is 0.457 e. The third-order valence-electron chi connectivity index (χ3n) is 2.28. The Bertz CT molecular complexity index is 530. The first-order valence-electron chi connectivity index (χ1n) is 5.29. The predicted molar refractivity (Wildman–Crippen MR) is 67.5 cm³/mol. The predicted octanol–water partition coefficient (Wildman–Crippen LogP) is 3.85. The Morgan fingerprint density at radius 1 is 1.00 bits per heavy atom. The maximum Gasteiger partial charge on any atom is 0.185 e. The summed E-state index contributed by atoms with van der Waals surface area (Å²) in [6.07, 6.45) is 1.29. The first-order chi connectivity index (χ1) is 8.29. The summed E-state index contributed by atoms with van der Waals surface area (Å²) in [7, 11) is 0. The van der Waals surface area contributed by atoms with Gasteiger partial charge in [0.2, 0.25) is 0 Å². The van der Waals surface area contributed by atoms with Gasteiger partial charge in [0.25, 0.3) is 0 Å². The van der Waals surface area contributed by atoms with Crippen molar-refractivity contribution in [3.63, 3.8) is 0 Å². The van der Waals surface area contributed by atoms with E-state index in [1.807, 2.05) is 36.4 Å². The monoisotopic (exact) mass is 224 g/mol. The van der Waals surface area contributed by atoms with E-state index in [1.165, 1.54) is 6.08 Å². The van der Waals surface area contributed by atoms with Crippen molar-refractivity contribution in [3.8, 4) is 11.5 Å². The van der Waals surface area contributed by atoms with Crippen molar-refractivity contribution in [1.82, 2.24) is 0 Å². The van der Waals surface area contributed by atoms with Crippen molar-refractivity contribution in [2.75, 3.05) is 0 Å². The van der Waals surface area contributed by atoms with Crippen LogP contribution in [0.2, 0.25) is 0 Å². The molecule has 2 aromatic rings. The van der Waals surface area contributed by atoms with E-state index >= 15 is 0 Å². The number of hydrogen-bond donors (Lipinski definition) is 0. The molecule has 0 saturated heterocycles. The van der Waals surface area contributed by atoms with Crippen molar-refractivity contribution in [1.29, 1.82) is 0 Å².